The van der Waals surface area contributed by atoms with Crippen LogP contribution in [0.15, 0.2) is 42.9 Å². The number of aromatic nitrogens is 4. The van der Waals surface area contributed by atoms with Crippen molar-refractivity contribution < 1.29 is 9.53 Å². The number of hydrogen-bond acceptors (Lipinski definition) is 5. The Labute approximate surface area is 192 Å². The number of ether oxygens (including phenoxy) is 1. The van der Waals surface area contributed by atoms with Crippen LogP contribution >= 0.6 is 12.2 Å². The number of hydrogen-bond donors (Lipinski definition) is 2. The van der Waals surface area contributed by atoms with Crippen LogP contribution in [0.5, 0.6) is 0 Å². The Morgan fingerprint density at radius 1 is 1.16 bits per heavy atom. The molecule has 0 saturated carbocycles. The molecule has 9 nitrogen and oxygen atoms in total. The van der Waals surface area contributed by atoms with Crippen molar-refractivity contribution >= 4 is 34.6 Å². The first-order valence-corrected chi connectivity index (χ1v) is 11.0. The lowest BCUT2D eigenvalue weighted by atomic mass is 10.1. The van der Waals surface area contributed by atoms with E-state index in [1.165, 1.54) is 11.1 Å². The second kappa shape index (κ2) is 9.92. The molecule has 10 heteroatoms. The third kappa shape index (κ3) is 4.97. The van der Waals surface area contributed by atoms with Crippen molar-refractivity contribution in [1.29, 1.82) is 0 Å². The Morgan fingerprint density at radius 3 is 2.69 bits per heavy atom. The molecule has 2 N–H and O–H groups in total. The summed E-state index contributed by atoms with van der Waals surface area (Å²) in [5.41, 5.74) is 4.27. The zero-order valence-corrected chi connectivity index (χ0v) is 19.1. The summed E-state index contributed by atoms with van der Waals surface area (Å²) in [6, 6.07) is 8.23. The van der Waals surface area contributed by atoms with Crippen molar-refractivity contribution in [1.82, 2.24) is 24.5 Å². The van der Waals surface area contributed by atoms with Crippen LogP contribution in [0.1, 0.15) is 28.5 Å². The fraction of sp³-hybridized carbons (Fsp3) is 0.364. The van der Waals surface area contributed by atoms with Crippen molar-refractivity contribution in [3.63, 3.8) is 0 Å². The van der Waals surface area contributed by atoms with Crippen LogP contribution < -0.4 is 10.6 Å². The van der Waals surface area contributed by atoms with E-state index in [1.54, 1.807) is 22.0 Å². The zero-order chi connectivity index (χ0) is 22.5. The van der Waals surface area contributed by atoms with Crippen LogP contribution in [0.25, 0.3) is 0 Å². The number of thiocarbonyl (C=S) groups is 1. The molecule has 0 bridgehead atoms. The summed E-state index contributed by atoms with van der Waals surface area (Å²) in [5.74, 6) is -0.0796. The third-order valence-corrected chi connectivity index (χ3v) is 5.58. The Balaban J connectivity index is 1.42. The minimum absolute atomic E-state index is 0.0796. The zero-order valence-electron chi connectivity index (χ0n) is 18.2. The van der Waals surface area contributed by atoms with Gasteiger partial charge in [-0.3, -0.25) is 14.2 Å². The number of carbonyl (C=O) groups is 1. The molecule has 0 atom stereocenters. The van der Waals surface area contributed by atoms with Crippen molar-refractivity contribution in [2.75, 3.05) is 36.9 Å². The Bertz CT molecular complexity index is 1100. The van der Waals surface area contributed by atoms with E-state index in [0.717, 1.165) is 5.69 Å². The van der Waals surface area contributed by atoms with E-state index in [2.05, 4.69) is 39.9 Å². The van der Waals surface area contributed by atoms with Gasteiger partial charge in [-0.25, -0.2) is 0 Å². The number of morpholine rings is 1. The molecule has 1 aromatic carbocycles. The fourth-order valence-electron chi connectivity index (χ4n) is 3.62. The van der Waals surface area contributed by atoms with Gasteiger partial charge in [0.25, 0.3) is 5.91 Å². The normalized spacial score (nSPS) is 13.8. The van der Waals surface area contributed by atoms with Gasteiger partial charge in [-0.2, -0.15) is 10.2 Å². The van der Waals surface area contributed by atoms with Gasteiger partial charge in [-0.1, -0.05) is 24.3 Å². The number of nitrogens with zero attached hydrogens (tertiary/aromatic N) is 5. The van der Waals surface area contributed by atoms with Crippen LogP contribution in [0.2, 0.25) is 0 Å². The highest BCUT2D eigenvalue weighted by atomic mass is 32.1. The van der Waals surface area contributed by atoms with Crippen LogP contribution in [0, 0.1) is 6.92 Å². The predicted octanol–water partition coefficient (Wildman–Crippen LogP) is 2.74. The first-order chi connectivity index (χ1) is 15.5. The van der Waals surface area contributed by atoms with Gasteiger partial charge in [0.05, 0.1) is 43.5 Å². The van der Waals surface area contributed by atoms with Crippen molar-refractivity contribution in [3.05, 3.63) is 59.7 Å². The number of rotatable bonds is 6. The smallest absolute Gasteiger partial charge is 0.274 e. The highest BCUT2D eigenvalue weighted by molar-refractivity contribution is 7.80. The lowest BCUT2D eigenvalue weighted by molar-refractivity contribution is 0.0295. The Hall–Kier alpha value is -3.24. The second-order valence-corrected chi connectivity index (χ2v) is 7.97. The van der Waals surface area contributed by atoms with Gasteiger partial charge in [0, 0.05) is 25.8 Å². The average molecular weight is 454 g/mol. The minimum atomic E-state index is -0.0796. The largest absolute Gasteiger partial charge is 0.378 e. The molecule has 0 unspecified atom stereocenters. The summed E-state index contributed by atoms with van der Waals surface area (Å²) < 4.78 is 8.90. The van der Waals surface area contributed by atoms with E-state index in [1.807, 2.05) is 29.9 Å². The molecule has 1 amide bonds. The van der Waals surface area contributed by atoms with Crippen LogP contribution in [0.4, 0.5) is 11.4 Å². The molecule has 1 aliphatic rings. The van der Waals surface area contributed by atoms with Gasteiger partial charge in [0.15, 0.2) is 5.11 Å². The van der Waals surface area contributed by atoms with Crippen molar-refractivity contribution in [2.24, 2.45) is 0 Å². The SMILES string of the molecule is CCn1ncc(NC(=S)Nc2cnn(Cc3ccccc3C)c2)c1C(=O)N1CCOCC1. The number of nitrogens with one attached hydrogen (secondary N) is 2. The van der Waals surface area contributed by atoms with E-state index in [9.17, 15) is 4.79 Å². The number of anilines is 2. The maximum Gasteiger partial charge on any atom is 0.274 e. The van der Waals surface area contributed by atoms with Gasteiger partial charge in [-0.05, 0) is 37.2 Å². The molecule has 1 saturated heterocycles. The molecular weight excluding hydrogens is 426 g/mol. The average Bonchev–Trinajstić information content (AvgIpc) is 3.41. The Morgan fingerprint density at radius 2 is 1.94 bits per heavy atom. The van der Waals surface area contributed by atoms with Crippen LogP contribution in [-0.2, 0) is 17.8 Å². The fourth-order valence-corrected chi connectivity index (χ4v) is 3.85. The first kappa shape index (κ1) is 22.0. The summed E-state index contributed by atoms with van der Waals surface area (Å²) in [6.07, 6.45) is 5.25. The van der Waals surface area contributed by atoms with Gasteiger partial charge in [0.2, 0.25) is 0 Å². The molecule has 1 fully saturated rings. The van der Waals surface area contributed by atoms with Gasteiger partial charge < -0.3 is 20.3 Å². The highest BCUT2D eigenvalue weighted by Gasteiger charge is 2.25. The van der Waals surface area contributed by atoms with E-state index in [-0.39, 0.29) is 5.91 Å². The molecule has 0 spiro atoms. The predicted molar refractivity (Wildman–Crippen MR) is 127 cm³/mol. The van der Waals surface area contributed by atoms with Crippen LogP contribution in [0.3, 0.4) is 0 Å². The standard InChI is InChI=1S/C22H27N7O2S/c1-3-29-20(21(30)27-8-10-31-11-9-27)19(13-24-29)26-22(32)25-18-12-23-28(15-18)14-17-7-5-4-6-16(17)2/h4-7,12-13,15H,3,8-11,14H2,1-2H3,(H2,25,26,32). The summed E-state index contributed by atoms with van der Waals surface area (Å²) in [7, 11) is 0. The molecule has 3 aromatic rings. The molecule has 4 rings (SSSR count). The van der Waals surface area contributed by atoms with Gasteiger partial charge >= 0.3 is 0 Å². The third-order valence-electron chi connectivity index (χ3n) is 5.37. The molecule has 2 aromatic heterocycles. The summed E-state index contributed by atoms with van der Waals surface area (Å²) in [6.45, 7) is 7.51. The lowest BCUT2D eigenvalue weighted by Crippen LogP contribution is -2.41. The van der Waals surface area contributed by atoms with Crippen LogP contribution in [-0.4, -0.2) is 61.8 Å². The quantitative estimate of drug-likeness (QED) is 0.555. The molecule has 3 heterocycles. The second-order valence-electron chi connectivity index (χ2n) is 7.56. The molecule has 0 radical (unpaired) electrons. The topological polar surface area (TPSA) is 89.2 Å². The van der Waals surface area contributed by atoms with Crippen molar-refractivity contribution in [2.45, 2.75) is 26.9 Å². The maximum atomic E-state index is 13.1. The van der Waals surface area contributed by atoms with E-state index < -0.39 is 0 Å². The maximum absolute atomic E-state index is 13.1. The monoisotopic (exact) mass is 453 g/mol. The minimum Gasteiger partial charge on any atom is -0.378 e. The number of aryl methyl sites for hydroxylation is 2. The Kier molecular flexibility index (Phi) is 6.81. The molecular formula is C22H27N7O2S. The van der Waals surface area contributed by atoms with Gasteiger partial charge in [-0.15, -0.1) is 0 Å². The van der Waals surface area contributed by atoms with Gasteiger partial charge in [0.1, 0.15) is 5.69 Å². The van der Waals surface area contributed by atoms with E-state index in [4.69, 9.17) is 17.0 Å². The van der Waals surface area contributed by atoms with Crippen molar-refractivity contribution in [3.8, 4) is 0 Å². The number of carbonyl (C=O) groups excluding carboxylic acids is 1. The van der Waals surface area contributed by atoms with E-state index >= 15 is 0 Å². The summed E-state index contributed by atoms with van der Waals surface area (Å²) in [4.78, 5) is 14.9. The molecule has 1 aliphatic heterocycles. The summed E-state index contributed by atoms with van der Waals surface area (Å²) >= 11 is 5.48. The molecule has 168 valence electrons. The summed E-state index contributed by atoms with van der Waals surface area (Å²) in [5, 5.41) is 15.4. The first-order valence-electron chi connectivity index (χ1n) is 10.6. The lowest BCUT2D eigenvalue weighted by Gasteiger charge is -2.27. The molecule has 0 aliphatic carbocycles. The number of amides is 1. The van der Waals surface area contributed by atoms with E-state index in [0.29, 0.717) is 55.9 Å². The highest BCUT2D eigenvalue weighted by Crippen LogP contribution is 2.19. The molecule has 32 heavy (non-hydrogen) atoms. The number of benzene rings is 1.